The van der Waals surface area contributed by atoms with Crippen LogP contribution in [0.25, 0.3) is 21.9 Å². The standard InChI is InChI=1S/C10H6BrN3/c11-7-1-2-8-6(3-7)4-12-10-9(8)13-5-14-10/h1-5H,(H,12,13,14). The summed E-state index contributed by atoms with van der Waals surface area (Å²) in [6.07, 6.45) is 3.50. The van der Waals surface area contributed by atoms with Gasteiger partial charge in [-0.2, -0.15) is 0 Å². The molecule has 2 heterocycles. The lowest BCUT2D eigenvalue weighted by molar-refractivity contribution is 1.31. The quantitative estimate of drug-likeness (QED) is 0.664. The highest BCUT2D eigenvalue weighted by Gasteiger charge is 2.03. The maximum atomic E-state index is 4.25. The summed E-state index contributed by atoms with van der Waals surface area (Å²) >= 11 is 3.43. The molecule has 0 aliphatic heterocycles. The molecule has 14 heavy (non-hydrogen) atoms. The molecule has 2 aromatic heterocycles. The molecule has 3 aromatic rings. The number of rotatable bonds is 0. The van der Waals surface area contributed by atoms with Crippen molar-refractivity contribution >= 4 is 37.9 Å². The number of hydrogen-bond acceptors (Lipinski definition) is 2. The summed E-state index contributed by atoms with van der Waals surface area (Å²) in [6, 6.07) is 6.12. The van der Waals surface area contributed by atoms with Crippen LogP contribution in [0.5, 0.6) is 0 Å². The summed E-state index contributed by atoms with van der Waals surface area (Å²) in [4.78, 5) is 11.5. The van der Waals surface area contributed by atoms with Crippen LogP contribution in [0.3, 0.4) is 0 Å². The Bertz CT molecular complexity index is 615. The summed E-state index contributed by atoms with van der Waals surface area (Å²) in [5.74, 6) is 0. The fourth-order valence-electron chi connectivity index (χ4n) is 1.58. The number of aromatic amines is 1. The Kier molecular flexibility index (Phi) is 1.58. The molecule has 0 bridgehead atoms. The van der Waals surface area contributed by atoms with E-state index in [1.807, 2.05) is 18.3 Å². The van der Waals surface area contributed by atoms with E-state index < -0.39 is 0 Å². The molecular formula is C10H6BrN3. The summed E-state index contributed by atoms with van der Waals surface area (Å²) in [5, 5.41) is 2.26. The number of imidazole rings is 1. The van der Waals surface area contributed by atoms with Crippen molar-refractivity contribution in [1.29, 1.82) is 0 Å². The van der Waals surface area contributed by atoms with E-state index in [4.69, 9.17) is 0 Å². The van der Waals surface area contributed by atoms with Gasteiger partial charge in [-0.05, 0) is 12.1 Å². The van der Waals surface area contributed by atoms with Crippen molar-refractivity contribution in [3.05, 3.63) is 35.2 Å². The molecule has 0 unspecified atom stereocenters. The van der Waals surface area contributed by atoms with Gasteiger partial charge < -0.3 is 4.98 Å². The molecule has 1 aromatic carbocycles. The third-order valence-electron chi connectivity index (χ3n) is 2.23. The van der Waals surface area contributed by atoms with E-state index in [-0.39, 0.29) is 0 Å². The van der Waals surface area contributed by atoms with Gasteiger partial charge in [0.05, 0.1) is 11.8 Å². The Morgan fingerprint density at radius 3 is 3.07 bits per heavy atom. The zero-order valence-electron chi connectivity index (χ0n) is 7.16. The lowest BCUT2D eigenvalue weighted by atomic mass is 10.1. The first-order valence-electron chi connectivity index (χ1n) is 4.22. The molecule has 3 nitrogen and oxygen atoms in total. The number of H-pyrrole nitrogens is 1. The molecular weight excluding hydrogens is 242 g/mol. The van der Waals surface area contributed by atoms with Crippen molar-refractivity contribution in [2.45, 2.75) is 0 Å². The first-order chi connectivity index (χ1) is 6.84. The lowest BCUT2D eigenvalue weighted by Crippen LogP contribution is -1.80. The Labute approximate surface area is 88.3 Å². The van der Waals surface area contributed by atoms with Crippen LogP contribution in [0.15, 0.2) is 35.2 Å². The van der Waals surface area contributed by atoms with E-state index in [1.54, 1.807) is 6.33 Å². The molecule has 1 N–H and O–H groups in total. The summed E-state index contributed by atoms with van der Waals surface area (Å²) < 4.78 is 1.06. The second-order valence-electron chi connectivity index (χ2n) is 3.09. The van der Waals surface area contributed by atoms with Gasteiger partial charge in [-0.15, -0.1) is 0 Å². The minimum absolute atomic E-state index is 0.764. The number of fused-ring (bicyclic) bond motifs is 3. The van der Waals surface area contributed by atoms with Gasteiger partial charge in [-0.1, -0.05) is 22.0 Å². The minimum Gasteiger partial charge on any atom is -0.343 e. The SMILES string of the molecule is Brc1ccc2c(cnc3nc[nH]c32)c1. The van der Waals surface area contributed by atoms with Gasteiger partial charge in [-0.3, -0.25) is 0 Å². The number of aromatic nitrogens is 3. The van der Waals surface area contributed by atoms with Gasteiger partial charge in [0, 0.05) is 21.4 Å². The van der Waals surface area contributed by atoms with Crippen molar-refractivity contribution in [3.8, 4) is 0 Å². The normalized spacial score (nSPS) is 11.2. The van der Waals surface area contributed by atoms with E-state index in [1.165, 1.54) is 0 Å². The fourth-order valence-corrected chi connectivity index (χ4v) is 1.96. The molecule has 0 saturated heterocycles. The van der Waals surface area contributed by atoms with Crippen molar-refractivity contribution in [1.82, 2.24) is 15.0 Å². The van der Waals surface area contributed by atoms with Gasteiger partial charge in [0.25, 0.3) is 0 Å². The summed E-state index contributed by atoms with van der Waals surface area (Å²) in [6.45, 7) is 0. The van der Waals surface area contributed by atoms with Crippen LogP contribution >= 0.6 is 15.9 Å². The van der Waals surface area contributed by atoms with E-state index in [2.05, 4.69) is 36.9 Å². The van der Waals surface area contributed by atoms with Crippen LogP contribution in [-0.4, -0.2) is 15.0 Å². The molecule has 0 aliphatic rings. The van der Waals surface area contributed by atoms with Gasteiger partial charge >= 0.3 is 0 Å². The molecule has 0 radical (unpaired) electrons. The molecule has 0 spiro atoms. The maximum absolute atomic E-state index is 4.25. The topological polar surface area (TPSA) is 41.6 Å². The number of benzene rings is 1. The molecule has 3 rings (SSSR count). The Hall–Kier alpha value is -1.42. The van der Waals surface area contributed by atoms with Crippen LogP contribution in [-0.2, 0) is 0 Å². The zero-order valence-corrected chi connectivity index (χ0v) is 8.75. The summed E-state index contributed by atoms with van der Waals surface area (Å²) in [5.41, 5.74) is 1.76. The first-order valence-corrected chi connectivity index (χ1v) is 5.01. The highest BCUT2D eigenvalue weighted by Crippen LogP contribution is 2.23. The van der Waals surface area contributed by atoms with Crippen LogP contribution in [0, 0.1) is 0 Å². The smallest absolute Gasteiger partial charge is 0.178 e. The number of pyridine rings is 1. The fraction of sp³-hybridized carbons (Fsp3) is 0. The largest absolute Gasteiger partial charge is 0.343 e. The second-order valence-corrected chi connectivity index (χ2v) is 4.01. The van der Waals surface area contributed by atoms with Crippen molar-refractivity contribution in [2.24, 2.45) is 0 Å². The average molecular weight is 248 g/mol. The molecule has 0 atom stereocenters. The molecule has 0 aliphatic carbocycles. The number of nitrogens with one attached hydrogen (secondary N) is 1. The number of nitrogens with zero attached hydrogens (tertiary/aromatic N) is 2. The molecule has 0 fully saturated rings. The highest BCUT2D eigenvalue weighted by atomic mass is 79.9. The van der Waals surface area contributed by atoms with Gasteiger partial charge in [0.2, 0.25) is 0 Å². The van der Waals surface area contributed by atoms with Crippen molar-refractivity contribution < 1.29 is 0 Å². The number of hydrogen-bond donors (Lipinski definition) is 1. The second kappa shape index (κ2) is 2.78. The Balaban J connectivity index is 2.57. The van der Waals surface area contributed by atoms with Gasteiger partial charge in [0.15, 0.2) is 5.65 Å². The van der Waals surface area contributed by atoms with E-state index in [0.717, 1.165) is 26.4 Å². The summed E-state index contributed by atoms with van der Waals surface area (Å²) in [7, 11) is 0. The van der Waals surface area contributed by atoms with Gasteiger partial charge in [-0.25, -0.2) is 9.97 Å². The third-order valence-corrected chi connectivity index (χ3v) is 2.72. The van der Waals surface area contributed by atoms with E-state index in [9.17, 15) is 0 Å². The van der Waals surface area contributed by atoms with Crippen molar-refractivity contribution in [2.75, 3.05) is 0 Å². The predicted molar refractivity (Wildman–Crippen MR) is 59.1 cm³/mol. The third kappa shape index (κ3) is 1.04. The van der Waals surface area contributed by atoms with Crippen LogP contribution in [0.1, 0.15) is 0 Å². The lowest BCUT2D eigenvalue weighted by Gasteiger charge is -1.98. The highest BCUT2D eigenvalue weighted by molar-refractivity contribution is 9.10. The molecule has 0 amide bonds. The van der Waals surface area contributed by atoms with E-state index in [0.29, 0.717) is 0 Å². The Morgan fingerprint density at radius 1 is 1.21 bits per heavy atom. The van der Waals surface area contributed by atoms with Crippen LogP contribution < -0.4 is 0 Å². The van der Waals surface area contributed by atoms with E-state index >= 15 is 0 Å². The molecule has 0 saturated carbocycles. The Morgan fingerprint density at radius 2 is 2.14 bits per heavy atom. The molecule has 4 heteroatoms. The van der Waals surface area contributed by atoms with Crippen molar-refractivity contribution in [3.63, 3.8) is 0 Å². The average Bonchev–Trinajstić information content (AvgIpc) is 2.65. The predicted octanol–water partition coefficient (Wildman–Crippen LogP) is 2.87. The number of halogens is 1. The maximum Gasteiger partial charge on any atom is 0.178 e. The molecule has 68 valence electrons. The first kappa shape index (κ1) is 7.94. The van der Waals surface area contributed by atoms with Crippen LogP contribution in [0.2, 0.25) is 0 Å². The zero-order chi connectivity index (χ0) is 9.54. The monoisotopic (exact) mass is 247 g/mol. The van der Waals surface area contributed by atoms with Crippen LogP contribution in [0.4, 0.5) is 0 Å². The van der Waals surface area contributed by atoms with Gasteiger partial charge in [0.1, 0.15) is 0 Å². The minimum atomic E-state index is 0.764.